The summed E-state index contributed by atoms with van der Waals surface area (Å²) in [4.78, 5) is 28.6. The first kappa shape index (κ1) is 23.0. The normalized spacial score (nSPS) is 13.1. The quantitative estimate of drug-likeness (QED) is 0.597. The lowest BCUT2D eigenvalue weighted by molar-refractivity contribution is -0.137. The highest BCUT2D eigenvalue weighted by Gasteiger charge is 2.31. The largest absolute Gasteiger partial charge is 0.416 e. The fourth-order valence-electron chi connectivity index (χ4n) is 3.15. The number of hydrogen-bond donors (Lipinski definition) is 1. The van der Waals surface area contributed by atoms with Gasteiger partial charge in [-0.05, 0) is 30.3 Å². The van der Waals surface area contributed by atoms with Crippen LogP contribution in [-0.4, -0.2) is 41.1 Å². The van der Waals surface area contributed by atoms with Gasteiger partial charge < -0.3 is 4.90 Å². The zero-order valence-electron chi connectivity index (χ0n) is 17.9. The van der Waals surface area contributed by atoms with Crippen molar-refractivity contribution in [3.05, 3.63) is 60.4 Å². The number of benzene rings is 1. The summed E-state index contributed by atoms with van der Waals surface area (Å²) in [6.45, 7) is 4.92. The second-order valence-corrected chi connectivity index (χ2v) is 6.69. The number of amides is 2. The molecule has 0 spiro atoms. The van der Waals surface area contributed by atoms with Crippen LogP contribution in [0.25, 0.3) is 11.3 Å². The Balaban J connectivity index is 0.00000141. The Morgan fingerprint density at radius 1 is 1.03 bits per heavy atom. The van der Waals surface area contributed by atoms with Crippen LogP contribution in [0.4, 0.5) is 35.4 Å². The van der Waals surface area contributed by atoms with Gasteiger partial charge in [0.2, 0.25) is 5.95 Å². The van der Waals surface area contributed by atoms with Crippen LogP contribution in [0.1, 0.15) is 19.4 Å². The fraction of sp³-hybridized carbons (Fsp3) is 0.273. The first-order chi connectivity index (χ1) is 15.3. The second kappa shape index (κ2) is 9.63. The summed E-state index contributed by atoms with van der Waals surface area (Å²) in [6, 6.07) is 9.50. The van der Waals surface area contributed by atoms with Gasteiger partial charge in [0.15, 0.2) is 5.82 Å². The maximum atomic E-state index is 13.1. The Kier molecular flexibility index (Phi) is 6.92. The van der Waals surface area contributed by atoms with E-state index in [9.17, 15) is 18.0 Å². The van der Waals surface area contributed by atoms with Crippen LogP contribution in [-0.2, 0) is 6.18 Å². The minimum absolute atomic E-state index is 0.150. The van der Waals surface area contributed by atoms with Crippen molar-refractivity contribution in [1.82, 2.24) is 15.0 Å². The Labute approximate surface area is 183 Å². The van der Waals surface area contributed by atoms with Crippen LogP contribution in [0.3, 0.4) is 0 Å². The molecular weight excluding hydrogens is 421 g/mol. The number of urea groups is 1. The average Bonchev–Trinajstić information content (AvgIpc) is 2.80. The van der Waals surface area contributed by atoms with E-state index < -0.39 is 17.8 Å². The average molecular weight is 444 g/mol. The monoisotopic (exact) mass is 444 g/mol. The van der Waals surface area contributed by atoms with Crippen molar-refractivity contribution in [2.45, 2.75) is 20.0 Å². The van der Waals surface area contributed by atoms with Crippen LogP contribution >= 0.6 is 0 Å². The minimum atomic E-state index is -4.45. The third-order valence-electron chi connectivity index (χ3n) is 4.70. The number of halogens is 3. The summed E-state index contributed by atoms with van der Waals surface area (Å²) in [7, 11) is 1.86. The molecule has 3 heterocycles. The zero-order chi connectivity index (χ0) is 23.3. The van der Waals surface area contributed by atoms with Gasteiger partial charge in [-0.3, -0.25) is 10.2 Å². The Morgan fingerprint density at radius 2 is 1.75 bits per heavy atom. The van der Waals surface area contributed by atoms with Crippen molar-refractivity contribution < 1.29 is 18.0 Å². The summed E-state index contributed by atoms with van der Waals surface area (Å²) in [6.07, 6.45) is -1.44. The molecule has 1 N–H and O–H groups in total. The molecule has 1 aliphatic heterocycles. The van der Waals surface area contributed by atoms with Gasteiger partial charge in [0.1, 0.15) is 0 Å². The number of nitrogens with one attached hydrogen (secondary N) is 1. The first-order valence-electron chi connectivity index (χ1n) is 10.1. The number of rotatable bonds is 2. The van der Waals surface area contributed by atoms with Gasteiger partial charge in [0.05, 0.1) is 16.9 Å². The fourth-order valence-corrected chi connectivity index (χ4v) is 3.15. The number of carbonyl (C=O) groups is 1. The highest BCUT2D eigenvalue weighted by molar-refractivity contribution is 6.03. The highest BCUT2D eigenvalue weighted by Crippen LogP contribution is 2.35. The minimum Gasteiger partial charge on any atom is -0.370 e. The van der Waals surface area contributed by atoms with Crippen molar-refractivity contribution in [3.8, 4) is 11.3 Å². The maximum absolute atomic E-state index is 13.1. The van der Waals surface area contributed by atoms with Crippen molar-refractivity contribution in [2.75, 3.05) is 35.3 Å². The zero-order valence-corrected chi connectivity index (χ0v) is 17.9. The third kappa shape index (κ3) is 4.96. The van der Waals surface area contributed by atoms with Crippen LogP contribution in [0.5, 0.6) is 0 Å². The number of hydrogen-bond acceptors (Lipinski definition) is 5. The molecule has 0 fully saturated rings. The van der Waals surface area contributed by atoms with Crippen molar-refractivity contribution in [2.24, 2.45) is 0 Å². The predicted octanol–water partition coefficient (Wildman–Crippen LogP) is 5.07. The molecule has 1 aliphatic rings. The number of anilines is 3. The van der Waals surface area contributed by atoms with E-state index in [4.69, 9.17) is 0 Å². The molecule has 4 rings (SSSR count). The Bertz CT molecular complexity index is 1070. The SMILES string of the molecule is CC.CN1CCN(C(=O)Nc2ncccn2)c2nc(-c3cccc(C(F)(F)F)c3)ccc21. The van der Waals surface area contributed by atoms with E-state index in [0.717, 1.165) is 12.1 Å². The summed E-state index contributed by atoms with van der Waals surface area (Å²) in [5.41, 5.74) is 0.588. The number of nitrogens with zero attached hydrogens (tertiary/aromatic N) is 5. The lowest BCUT2D eigenvalue weighted by Gasteiger charge is -2.34. The molecule has 0 unspecified atom stereocenters. The molecule has 0 saturated heterocycles. The van der Waals surface area contributed by atoms with E-state index in [2.05, 4.69) is 20.3 Å². The summed E-state index contributed by atoms with van der Waals surface area (Å²) >= 11 is 0. The van der Waals surface area contributed by atoms with Crippen molar-refractivity contribution in [3.63, 3.8) is 0 Å². The molecule has 0 radical (unpaired) electrons. The lowest BCUT2D eigenvalue weighted by Crippen LogP contribution is -2.45. The van der Waals surface area contributed by atoms with Crippen LogP contribution in [0, 0.1) is 0 Å². The summed E-state index contributed by atoms with van der Waals surface area (Å²) in [5, 5.41) is 2.61. The molecule has 32 heavy (non-hydrogen) atoms. The molecule has 10 heteroatoms. The van der Waals surface area contributed by atoms with Gasteiger partial charge >= 0.3 is 12.2 Å². The molecule has 0 saturated carbocycles. The van der Waals surface area contributed by atoms with Gasteiger partial charge in [-0.15, -0.1) is 0 Å². The maximum Gasteiger partial charge on any atom is 0.416 e. The van der Waals surface area contributed by atoms with E-state index in [1.54, 1.807) is 24.3 Å². The van der Waals surface area contributed by atoms with Gasteiger partial charge in [-0.1, -0.05) is 26.0 Å². The van der Waals surface area contributed by atoms with Crippen molar-refractivity contribution >= 4 is 23.5 Å². The second-order valence-electron chi connectivity index (χ2n) is 6.69. The molecule has 2 amide bonds. The van der Waals surface area contributed by atoms with E-state index in [-0.39, 0.29) is 5.95 Å². The molecule has 7 nitrogen and oxygen atoms in total. The number of carbonyl (C=O) groups excluding carboxylic acids is 1. The van der Waals surface area contributed by atoms with E-state index >= 15 is 0 Å². The molecule has 0 bridgehead atoms. The van der Waals surface area contributed by atoms with Crippen LogP contribution in [0.15, 0.2) is 54.9 Å². The first-order valence-corrected chi connectivity index (χ1v) is 10.1. The summed E-state index contributed by atoms with van der Waals surface area (Å²) < 4.78 is 39.2. The molecule has 1 aromatic carbocycles. The number of pyridine rings is 1. The number of likely N-dealkylation sites (N-methyl/N-ethyl adjacent to an activating group) is 1. The van der Waals surface area contributed by atoms with Gasteiger partial charge in [-0.25, -0.2) is 19.7 Å². The smallest absolute Gasteiger partial charge is 0.370 e. The predicted molar refractivity (Wildman–Crippen MR) is 118 cm³/mol. The highest BCUT2D eigenvalue weighted by atomic mass is 19.4. The van der Waals surface area contributed by atoms with Gasteiger partial charge in [0.25, 0.3) is 0 Å². The lowest BCUT2D eigenvalue weighted by atomic mass is 10.1. The Hall–Kier alpha value is -3.69. The third-order valence-corrected chi connectivity index (χ3v) is 4.70. The number of aromatic nitrogens is 3. The molecule has 0 atom stereocenters. The molecule has 2 aromatic heterocycles. The molecule has 168 valence electrons. The number of fused-ring (bicyclic) bond motifs is 1. The Morgan fingerprint density at radius 3 is 2.44 bits per heavy atom. The van der Waals surface area contributed by atoms with E-state index in [0.29, 0.717) is 35.9 Å². The summed E-state index contributed by atoms with van der Waals surface area (Å²) in [5.74, 6) is 0.504. The van der Waals surface area contributed by atoms with Gasteiger partial charge in [0, 0.05) is 38.1 Å². The van der Waals surface area contributed by atoms with Crippen LogP contribution < -0.4 is 15.1 Å². The van der Waals surface area contributed by atoms with E-state index in [1.165, 1.54) is 23.4 Å². The standard InChI is InChI=1S/C20H17F3N6O.C2H6/c1-28-10-11-29(19(30)27-18-24-8-3-9-25-18)17-16(28)7-6-15(26-17)13-4-2-5-14(12-13)20(21,22)23;1-2/h2-9,12H,10-11H2,1H3,(H,24,25,27,30);1-2H3. The topological polar surface area (TPSA) is 74.2 Å². The molecule has 0 aliphatic carbocycles. The van der Waals surface area contributed by atoms with E-state index in [1.807, 2.05) is 25.8 Å². The van der Waals surface area contributed by atoms with Gasteiger partial charge in [-0.2, -0.15) is 13.2 Å². The van der Waals surface area contributed by atoms with Crippen LogP contribution in [0.2, 0.25) is 0 Å². The molecule has 3 aromatic rings. The van der Waals surface area contributed by atoms with Crippen molar-refractivity contribution in [1.29, 1.82) is 0 Å². The number of alkyl halides is 3. The molecular formula is C22H23F3N6O.